The number of halogens is 1. The van der Waals surface area contributed by atoms with Crippen LogP contribution in [0.4, 0.5) is 0 Å². The number of nitrogens with zero attached hydrogens (tertiary/aromatic N) is 4. The molecule has 0 unspecified atom stereocenters. The van der Waals surface area contributed by atoms with E-state index < -0.39 is 0 Å². The first kappa shape index (κ1) is 8.91. The SMILES string of the molecule is N#Cc1c(Br)cccc1-n1cnnc1. The average Bonchev–Trinajstić information content (AvgIpc) is 2.70. The molecule has 0 bridgehead atoms. The second kappa shape index (κ2) is 3.60. The summed E-state index contributed by atoms with van der Waals surface area (Å²) < 4.78 is 2.47. The van der Waals surface area contributed by atoms with E-state index in [4.69, 9.17) is 5.26 Å². The molecule has 0 aliphatic rings. The number of rotatable bonds is 1. The van der Waals surface area contributed by atoms with Crippen molar-refractivity contribution in [2.75, 3.05) is 0 Å². The zero-order chi connectivity index (χ0) is 9.97. The van der Waals surface area contributed by atoms with Crippen molar-refractivity contribution in [1.29, 1.82) is 5.26 Å². The minimum atomic E-state index is 0.576. The maximum atomic E-state index is 8.96. The van der Waals surface area contributed by atoms with Crippen molar-refractivity contribution in [3.8, 4) is 11.8 Å². The summed E-state index contributed by atoms with van der Waals surface area (Å²) in [7, 11) is 0. The van der Waals surface area contributed by atoms with Gasteiger partial charge in [-0.15, -0.1) is 10.2 Å². The highest BCUT2D eigenvalue weighted by atomic mass is 79.9. The summed E-state index contributed by atoms with van der Waals surface area (Å²) in [6.07, 6.45) is 3.12. The van der Waals surface area contributed by atoms with Crippen molar-refractivity contribution in [2.45, 2.75) is 0 Å². The Bertz CT molecular complexity index is 484. The van der Waals surface area contributed by atoms with Crippen molar-refractivity contribution in [3.63, 3.8) is 0 Å². The van der Waals surface area contributed by atoms with Crippen LogP contribution in [0, 0.1) is 11.3 Å². The zero-order valence-corrected chi connectivity index (χ0v) is 8.64. The largest absolute Gasteiger partial charge is 0.287 e. The molecule has 1 aromatic carbocycles. The Kier molecular flexibility index (Phi) is 2.29. The Labute approximate surface area is 88.9 Å². The second-order valence-corrected chi connectivity index (χ2v) is 3.47. The lowest BCUT2D eigenvalue weighted by Gasteiger charge is -2.04. The maximum Gasteiger partial charge on any atom is 0.123 e. The van der Waals surface area contributed by atoms with E-state index in [1.807, 2.05) is 18.2 Å². The summed E-state index contributed by atoms with van der Waals surface area (Å²) in [6.45, 7) is 0. The molecule has 2 rings (SSSR count). The lowest BCUT2D eigenvalue weighted by molar-refractivity contribution is 1.05. The van der Waals surface area contributed by atoms with Gasteiger partial charge in [-0.05, 0) is 28.1 Å². The van der Waals surface area contributed by atoms with E-state index in [9.17, 15) is 0 Å². The van der Waals surface area contributed by atoms with Crippen LogP contribution in [0.25, 0.3) is 5.69 Å². The van der Waals surface area contributed by atoms with E-state index in [0.717, 1.165) is 10.2 Å². The Morgan fingerprint density at radius 1 is 1.29 bits per heavy atom. The molecule has 0 N–H and O–H groups in total. The highest BCUT2D eigenvalue weighted by Gasteiger charge is 2.06. The molecule has 0 fully saturated rings. The predicted molar refractivity (Wildman–Crippen MR) is 53.8 cm³/mol. The van der Waals surface area contributed by atoms with Gasteiger partial charge >= 0.3 is 0 Å². The topological polar surface area (TPSA) is 54.5 Å². The van der Waals surface area contributed by atoms with Crippen LogP contribution in [-0.4, -0.2) is 14.8 Å². The molecule has 1 heterocycles. The third kappa shape index (κ3) is 1.40. The molecular formula is C9H5BrN4. The van der Waals surface area contributed by atoms with Crippen LogP contribution in [0.15, 0.2) is 35.3 Å². The molecular weight excluding hydrogens is 244 g/mol. The normalized spacial score (nSPS) is 9.71. The van der Waals surface area contributed by atoms with Crippen LogP contribution in [0.3, 0.4) is 0 Å². The molecule has 4 nitrogen and oxygen atoms in total. The van der Waals surface area contributed by atoms with E-state index in [1.165, 1.54) is 0 Å². The van der Waals surface area contributed by atoms with Crippen LogP contribution >= 0.6 is 15.9 Å². The summed E-state index contributed by atoms with van der Waals surface area (Å²) in [5.74, 6) is 0. The van der Waals surface area contributed by atoms with Crippen LogP contribution < -0.4 is 0 Å². The number of hydrogen-bond acceptors (Lipinski definition) is 3. The molecule has 5 heteroatoms. The number of aromatic nitrogens is 3. The van der Waals surface area contributed by atoms with E-state index >= 15 is 0 Å². The fourth-order valence-corrected chi connectivity index (χ4v) is 1.61. The number of benzene rings is 1. The molecule has 0 saturated carbocycles. The standard InChI is InChI=1S/C9H5BrN4/c10-8-2-1-3-9(7(8)4-11)14-5-12-13-6-14/h1-3,5-6H. The van der Waals surface area contributed by atoms with Gasteiger partial charge in [-0.1, -0.05) is 6.07 Å². The maximum absolute atomic E-state index is 8.96. The van der Waals surface area contributed by atoms with E-state index in [0.29, 0.717) is 5.56 Å². The van der Waals surface area contributed by atoms with Gasteiger partial charge in [0.25, 0.3) is 0 Å². The van der Waals surface area contributed by atoms with Crippen molar-refractivity contribution in [2.24, 2.45) is 0 Å². The minimum Gasteiger partial charge on any atom is -0.287 e. The van der Waals surface area contributed by atoms with Gasteiger partial charge in [-0.25, -0.2) is 0 Å². The lowest BCUT2D eigenvalue weighted by atomic mass is 10.2. The van der Waals surface area contributed by atoms with Crippen LogP contribution in [-0.2, 0) is 0 Å². The average molecular weight is 249 g/mol. The highest BCUT2D eigenvalue weighted by molar-refractivity contribution is 9.10. The predicted octanol–water partition coefficient (Wildman–Crippen LogP) is 1.90. The minimum absolute atomic E-state index is 0.576. The molecule has 0 aliphatic heterocycles. The van der Waals surface area contributed by atoms with Crippen LogP contribution in [0.1, 0.15) is 5.56 Å². The molecule has 0 spiro atoms. The third-order valence-electron chi connectivity index (χ3n) is 1.80. The lowest BCUT2D eigenvalue weighted by Crippen LogP contribution is -1.94. The van der Waals surface area contributed by atoms with Gasteiger partial charge in [0.15, 0.2) is 0 Å². The summed E-state index contributed by atoms with van der Waals surface area (Å²) in [5, 5.41) is 16.3. The first-order chi connectivity index (χ1) is 6.83. The third-order valence-corrected chi connectivity index (χ3v) is 2.46. The monoisotopic (exact) mass is 248 g/mol. The molecule has 0 aliphatic carbocycles. The summed E-state index contributed by atoms with van der Waals surface area (Å²) in [4.78, 5) is 0. The number of nitriles is 1. The Morgan fingerprint density at radius 3 is 2.64 bits per heavy atom. The molecule has 0 radical (unpaired) electrons. The quantitative estimate of drug-likeness (QED) is 0.775. The smallest absolute Gasteiger partial charge is 0.123 e. The first-order valence-corrected chi connectivity index (χ1v) is 4.66. The van der Waals surface area contributed by atoms with E-state index in [2.05, 4.69) is 32.2 Å². The fourth-order valence-electron chi connectivity index (χ4n) is 1.16. The Hall–Kier alpha value is -1.67. The van der Waals surface area contributed by atoms with E-state index in [1.54, 1.807) is 17.2 Å². The molecule has 0 atom stereocenters. The first-order valence-electron chi connectivity index (χ1n) is 3.86. The summed E-state index contributed by atoms with van der Waals surface area (Å²) in [5.41, 5.74) is 1.35. The fraction of sp³-hybridized carbons (Fsp3) is 0. The molecule has 0 saturated heterocycles. The van der Waals surface area contributed by atoms with Gasteiger partial charge in [-0.3, -0.25) is 4.57 Å². The van der Waals surface area contributed by atoms with Gasteiger partial charge < -0.3 is 0 Å². The van der Waals surface area contributed by atoms with Gasteiger partial charge in [0.2, 0.25) is 0 Å². The van der Waals surface area contributed by atoms with Gasteiger partial charge in [-0.2, -0.15) is 5.26 Å². The van der Waals surface area contributed by atoms with Crippen molar-refractivity contribution < 1.29 is 0 Å². The van der Waals surface area contributed by atoms with Crippen LogP contribution in [0.2, 0.25) is 0 Å². The van der Waals surface area contributed by atoms with Crippen molar-refractivity contribution in [3.05, 3.63) is 40.9 Å². The Balaban J connectivity index is 2.66. The number of hydrogen-bond donors (Lipinski definition) is 0. The van der Waals surface area contributed by atoms with Crippen LogP contribution in [0.5, 0.6) is 0 Å². The molecule has 68 valence electrons. The summed E-state index contributed by atoms with van der Waals surface area (Å²) in [6, 6.07) is 7.66. The molecule has 14 heavy (non-hydrogen) atoms. The second-order valence-electron chi connectivity index (χ2n) is 2.61. The van der Waals surface area contributed by atoms with Crippen molar-refractivity contribution in [1.82, 2.24) is 14.8 Å². The molecule has 1 aromatic heterocycles. The molecule has 2 aromatic rings. The zero-order valence-electron chi connectivity index (χ0n) is 7.05. The summed E-state index contributed by atoms with van der Waals surface area (Å²) >= 11 is 3.32. The van der Waals surface area contributed by atoms with Gasteiger partial charge in [0.05, 0.1) is 11.3 Å². The van der Waals surface area contributed by atoms with Gasteiger partial charge in [0.1, 0.15) is 18.7 Å². The molecule has 0 amide bonds. The van der Waals surface area contributed by atoms with E-state index in [-0.39, 0.29) is 0 Å². The van der Waals surface area contributed by atoms with Crippen molar-refractivity contribution >= 4 is 15.9 Å². The Morgan fingerprint density at radius 2 is 2.00 bits per heavy atom. The highest BCUT2D eigenvalue weighted by Crippen LogP contribution is 2.22. The van der Waals surface area contributed by atoms with Gasteiger partial charge in [0, 0.05) is 4.47 Å².